The van der Waals surface area contributed by atoms with Gasteiger partial charge in [0.05, 0.1) is 0 Å². The van der Waals surface area contributed by atoms with Crippen molar-refractivity contribution in [2.24, 2.45) is 5.92 Å². The van der Waals surface area contributed by atoms with Gasteiger partial charge in [0, 0.05) is 18.1 Å². The van der Waals surface area contributed by atoms with Gasteiger partial charge in [-0.3, -0.25) is 9.59 Å². The molecule has 0 radical (unpaired) electrons. The van der Waals surface area contributed by atoms with Gasteiger partial charge in [-0.2, -0.15) is 0 Å². The van der Waals surface area contributed by atoms with E-state index in [0.717, 1.165) is 11.1 Å². The normalized spacial score (nSPS) is 11.8. The molecule has 1 atom stereocenters. The van der Waals surface area contributed by atoms with Gasteiger partial charge in [0.15, 0.2) is 6.61 Å². The Hall–Kier alpha value is -2.53. The van der Waals surface area contributed by atoms with Crippen molar-refractivity contribution >= 4 is 23.4 Å². The topological polar surface area (TPSA) is 58.6 Å². The van der Waals surface area contributed by atoms with Crippen molar-refractivity contribution in [2.75, 3.05) is 13.2 Å². The molecule has 5 nitrogen and oxygen atoms in total. The molecule has 0 saturated carbocycles. The summed E-state index contributed by atoms with van der Waals surface area (Å²) in [6.07, 6.45) is 0. The summed E-state index contributed by atoms with van der Waals surface area (Å²) in [5.74, 6) is 0.507. The van der Waals surface area contributed by atoms with Crippen LogP contribution in [0.1, 0.15) is 31.9 Å². The predicted octanol–water partition coefficient (Wildman–Crippen LogP) is 4.22. The molecular formula is C23H29ClN2O3. The van der Waals surface area contributed by atoms with Gasteiger partial charge in [-0.05, 0) is 49.6 Å². The minimum absolute atomic E-state index is 0.140. The lowest BCUT2D eigenvalue weighted by Gasteiger charge is -2.29. The Bertz CT molecular complexity index is 804. The molecule has 1 N–H and O–H groups in total. The quantitative estimate of drug-likeness (QED) is 0.665. The highest BCUT2D eigenvalue weighted by atomic mass is 35.5. The number of carbonyl (C=O) groups is 2. The van der Waals surface area contributed by atoms with Crippen molar-refractivity contribution in [3.05, 3.63) is 64.7 Å². The molecule has 2 aromatic carbocycles. The second-order valence-electron chi connectivity index (χ2n) is 7.56. The van der Waals surface area contributed by atoms with E-state index in [0.29, 0.717) is 29.8 Å². The van der Waals surface area contributed by atoms with E-state index < -0.39 is 6.04 Å². The number of nitrogens with zero attached hydrogens (tertiary/aromatic N) is 1. The van der Waals surface area contributed by atoms with Gasteiger partial charge in [0.1, 0.15) is 11.8 Å². The van der Waals surface area contributed by atoms with Gasteiger partial charge in [0.2, 0.25) is 5.91 Å². The zero-order valence-electron chi connectivity index (χ0n) is 17.4. The predicted molar refractivity (Wildman–Crippen MR) is 116 cm³/mol. The van der Waals surface area contributed by atoms with Crippen molar-refractivity contribution in [1.82, 2.24) is 10.2 Å². The summed E-state index contributed by atoms with van der Waals surface area (Å²) < 4.78 is 5.64. The Balaban J connectivity index is 2.10. The monoisotopic (exact) mass is 416 g/mol. The van der Waals surface area contributed by atoms with E-state index in [1.54, 1.807) is 19.1 Å². The summed E-state index contributed by atoms with van der Waals surface area (Å²) in [6, 6.07) is 14.1. The van der Waals surface area contributed by atoms with E-state index in [2.05, 4.69) is 5.32 Å². The summed E-state index contributed by atoms with van der Waals surface area (Å²) in [5, 5.41) is 3.52. The number of carbonyl (C=O) groups excluding carboxylic acids is 2. The molecule has 0 aliphatic rings. The summed E-state index contributed by atoms with van der Waals surface area (Å²) in [4.78, 5) is 27.1. The van der Waals surface area contributed by atoms with E-state index in [-0.39, 0.29) is 18.4 Å². The average Bonchev–Trinajstić information content (AvgIpc) is 2.70. The maximum atomic E-state index is 12.9. The van der Waals surface area contributed by atoms with Gasteiger partial charge in [-0.25, -0.2) is 0 Å². The van der Waals surface area contributed by atoms with Gasteiger partial charge in [-0.1, -0.05) is 55.3 Å². The van der Waals surface area contributed by atoms with E-state index >= 15 is 0 Å². The highest BCUT2D eigenvalue weighted by Gasteiger charge is 2.26. The fourth-order valence-corrected chi connectivity index (χ4v) is 2.81. The number of nitrogens with one attached hydrogen (secondary N) is 1. The summed E-state index contributed by atoms with van der Waals surface area (Å²) in [5.41, 5.74) is 2.00. The number of rotatable bonds is 9. The van der Waals surface area contributed by atoms with E-state index in [4.69, 9.17) is 16.3 Å². The number of ether oxygens (including phenoxy) is 1. The van der Waals surface area contributed by atoms with Crippen molar-refractivity contribution in [3.8, 4) is 5.75 Å². The SMILES string of the molecule is Cc1ccc(OCC(=O)N(Cc2ccc(Cl)cc2)[C@@H](C)C(=O)NCC(C)C)cc1. The fourth-order valence-electron chi connectivity index (χ4n) is 2.68. The molecule has 2 rings (SSSR count). The molecule has 0 unspecified atom stereocenters. The first-order valence-electron chi connectivity index (χ1n) is 9.77. The number of amides is 2. The number of halogens is 1. The molecule has 0 aromatic heterocycles. The van der Waals surface area contributed by atoms with Gasteiger partial charge in [-0.15, -0.1) is 0 Å². The maximum Gasteiger partial charge on any atom is 0.261 e. The molecule has 0 spiro atoms. The first kappa shape index (κ1) is 22.8. The average molecular weight is 417 g/mol. The van der Waals surface area contributed by atoms with Crippen LogP contribution in [-0.2, 0) is 16.1 Å². The lowest BCUT2D eigenvalue weighted by molar-refractivity contribution is -0.142. The molecular weight excluding hydrogens is 388 g/mol. The smallest absolute Gasteiger partial charge is 0.261 e. The second-order valence-corrected chi connectivity index (χ2v) is 8.00. The summed E-state index contributed by atoms with van der Waals surface area (Å²) in [6.45, 7) is 8.48. The Morgan fingerprint density at radius 3 is 2.24 bits per heavy atom. The largest absolute Gasteiger partial charge is 0.484 e. The highest BCUT2D eigenvalue weighted by Crippen LogP contribution is 2.15. The second kappa shape index (κ2) is 10.9. The van der Waals surface area contributed by atoms with Crippen LogP contribution in [-0.4, -0.2) is 35.9 Å². The Morgan fingerprint density at radius 2 is 1.66 bits per heavy atom. The summed E-state index contributed by atoms with van der Waals surface area (Å²) in [7, 11) is 0. The van der Waals surface area contributed by atoms with Crippen LogP contribution in [0, 0.1) is 12.8 Å². The number of benzene rings is 2. The van der Waals surface area contributed by atoms with Crippen LogP contribution in [0.3, 0.4) is 0 Å². The third-order valence-corrected chi connectivity index (χ3v) is 4.75. The fraction of sp³-hybridized carbons (Fsp3) is 0.391. The van der Waals surface area contributed by atoms with Crippen LogP contribution in [0.15, 0.2) is 48.5 Å². The molecule has 6 heteroatoms. The molecule has 2 amide bonds. The Morgan fingerprint density at radius 1 is 1.03 bits per heavy atom. The van der Waals surface area contributed by atoms with E-state index in [9.17, 15) is 9.59 Å². The molecule has 29 heavy (non-hydrogen) atoms. The molecule has 0 aliphatic carbocycles. The summed E-state index contributed by atoms with van der Waals surface area (Å²) >= 11 is 5.96. The van der Waals surface area contributed by atoms with Crippen LogP contribution in [0.5, 0.6) is 5.75 Å². The highest BCUT2D eigenvalue weighted by molar-refractivity contribution is 6.30. The standard InChI is InChI=1S/C23H29ClN2O3/c1-16(2)13-25-23(28)18(4)26(14-19-7-9-20(24)10-8-19)22(27)15-29-21-11-5-17(3)6-12-21/h5-12,16,18H,13-15H2,1-4H3,(H,25,28)/t18-/m0/s1. The number of hydrogen-bond donors (Lipinski definition) is 1. The Kier molecular flexibility index (Phi) is 8.52. The zero-order valence-corrected chi connectivity index (χ0v) is 18.2. The van der Waals surface area contributed by atoms with Crippen molar-refractivity contribution in [3.63, 3.8) is 0 Å². The van der Waals surface area contributed by atoms with Gasteiger partial charge >= 0.3 is 0 Å². The van der Waals surface area contributed by atoms with Crippen molar-refractivity contribution in [1.29, 1.82) is 0 Å². The molecule has 0 bridgehead atoms. The first-order chi connectivity index (χ1) is 13.8. The van der Waals surface area contributed by atoms with Crippen LogP contribution in [0.2, 0.25) is 5.02 Å². The number of hydrogen-bond acceptors (Lipinski definition) is 3. The van der Waals surface area contributed by atoms with Crippen molar-refractivity contribution < 1.29 is 14.3 Å². The van der Waals surface area contributed by atoms with Crippen molar-refractivity contribution in [2.45, 2.75) is 40.3 Å². The molecule has 0 aliphatic heterocycles. The van der Waals surface area contributed by atoms with E-state index in [1.165, 1.54) is 4.90 Å². The van der Waals surface area contributed by atoms with Gasteiger partial charge < -0.3 is 15.0 Å². The third kappa shape index (κ3) is 7.42. The van der Waals surface area contributed by atoms with Crippen LogP contribution in [0.4, 0.5) is 0 Å². The minimum Gasteiger partial charge on any atom is -0.484 e. The zero-order chi connectivity index (χ0) is 21.4. The first-order valence-corrected chi connectivity index (χ1v) is 10.1. The molecule has 0 fully saturated rings. The lowest BCUT2D eigenvalue weighted by atomic mass is 10.1. The van der Waals surface area contributed by atoms with Crippen LogP contribution < -0.4 is 10.1 Å². The number of aryl methyl sites for hydroxylation is 1. The third-order valence-electron chi connectivity index (χ3n) is 4.50. The molecule has 2 aromatic rings. The maximum absolute atomic E-state index is 12.9. The van der Waals surface area contributed by atoms with Crippen LogP contribution >= 0.6 is 11.6 Å². The van der Waals surface area contributed by atoms with E-state index in [1.807, 2.05) is 57.2 Å². The van der Waals surface area contributed by atoms with Crippen LogP contribution in [0.25, 0.3) is 0 Å². The molecule has 0 heterocycles. The molecule has 0 saturated heterocycles. The molecule has 156 valence electrons. The minimum atomic E-state index is -0.626. The Labute approximate surface area is 178 Å². The van der Waals surface area contributed by atoms with Gasteiger partial charge in [0.25, 0.3) is 5.91 Å². The lowest BCUT2D eigenvalue weighted by Crippen LogP contribution is -2.49.